The van der Waals surface area contributed by atoms with Crippen molar-refractivity contribution in [1.29, 1.82) is 0 Å². The standard InChI is InChI=1S/C21H28ClN3O3/c1-13-5-8-21(28,9-6-13)12-24-19(26)18-15-7-10-25(14(2)11-23)20(27)16(15)3-4-17(18)22/h3-4,7,10,13-14,28H,5-6,8-9,11-12,23H2,1-2H3,(H,24,26)/t13?,14-,21?/m1/s1. The normalized spacial score (nSPS) is 23.5. The van der Waals surface area contributed by atoms with E-state index >= 15 is 0 Å². The summed E-state index contributed by atoms with van der Waals surface area (Å²) in [5.41, 5.74) is 4.85. The molecule has 6 nitrogen and oxygen atoms in total. The first-order valence-electron chi connectivity index (χ1n) is 9.80. The largest absolute Gasteiger partial charge is 0.388 e. The maximum Gasteiger partial charge on any atom is 0.258 e. The maximum absolute atomic E-state index is 12.9. The predicted octanol–water partition coefficient (Wildman–Crippen LogP) is 2.85. The summed E-state index contributed by atoms with van der Waals surface area (Å²) in [7, 11) is 0. The number of hydrogen-bond donors (Lipinski definition) is 3. The number of nitrogens with two attached hydrogens (primary N) is 1. The molecule has 1 atom stereocenters. The van der Waals surface area contributed by atoms with E-state index in [1.165, 1.54) is 0 Å². The number of nitrogens with zero attached hydrogens (tertiary/aromatic N) is 1. The van der Waals surface area contributed by atoms with Crippen LogP contribution in [0, 0.1) is 5.92 Å². The summed E-state index contributed by atoms with van der Waals surface area (Å²) in [4.78, 5) is 25.7. The maximum atomic E-state index is 12.9. The molecule has 1 aromatic heterocycles. The molecule has 4 N–H and O–H groups in total. The van der Waals surface area contributed by atoms with E-state index in [4.69, 9.17) is 17.3 Å². The molecule has 0 saturated heterocycles. The van der Waals surface area contributed by atoms with E-state index in [1.54, 1.807) is 29.0 Å². The third kappa shape index (κ3) is 4.09. The van der Waals surface area contributed by atoms with Crippen LogP contribution in [0.3, 0.4) is 0 Å². The average molecular weight is 406 g/mol. The van der Waals surface area contributed by atoms with Gasteiger partial charge in [-0.1, -0.05) is 18.5 Å². The quantitative estimate of drug-likeness (QED) is 0.712. The van der Waals surface area contributed by atoms with Crippen LogP contribution in [0.1, 0.15) is 55.9 Å². The van der Waals surface area contributed by atoms with Crippen molar-refractivity contribution in [2.75, 3.05) is 13.1 Å². The highest BCUT2D eigenvalue weighted by atomic mass is 35.5. The summed E-state index contributed by atoms with van der Waals surface area (Å²) in [5, 5.41) is 14.7. The van der Waals surface area contributed by atoms with Crippen LogP contribution in [0.5, 0.6) is 0 Å². The van der Waals surface area contributed by atoms with Gasteiger partial charge in [0.2, 0.25) is 0 Å². The van der Waals surface area contributed by atoms with Gasteiger partial charge in [-0.15, -0.1) is 0 Å². The molecule has 2 aromatic rings. The summed E-state index contributed by atoms with van der Waals surface area (Å²) in [6.07, 6.45) is 4.87. The molecule has 0 unspecified atom stereocenters. The second kappa shape index (κ2) is 8.23. The van der Waals surface area contributed by atoms with Crippen LogP contribution in [0.15, 0.2) is 29.2 Å². The van der Waals surface area contributed by atoms with Gasteiger partial charge in [0.1, 0.15) is 0 Å². The van der Waals surface area contributed by atoms with Crippen molar-refractivity contribution in [3.8, 4) is 0 Å². The molecule has 152 valence electrons. The molecule has 1 saturated carbocycles. The molecular formula is C21H28ClN3O3. The Hall–Kier alpha value is -1.89. The van der Waals surface area contributed by atoms with E-state index in [9.17, 15) is 14.7 Å². The molecule has 1 aliphatic carbocycles. The van der Waals surface area contributed by atoms with Crippen LogP contribution in [-0.4, -0.2) is 34.3 Å². The zero-order valence-electron chi connectivity index (χ0n) is 16.4. The van der Waals surface area contributed by atoms with E-state index < -0.39 is 5.60 Å². The molecule has 3 rings (SSSR count). The Kier molecular flexibility index (Phi) is 6.12. The van der Waals surface area contributed by atoms with Crippen LogP contribution in [0.2, 0.25) is 5.02 Å². The Labute approximate surface area is 169 Å². The minimum absolute atomic E-state index is 0.146. The van der Waals surface area contributed by atoms with Gasteiger partial charge < -0.3 is 20.7 Å². The number of benzene rings is 1. The van der Waals surface area contributed by atoms with Gasteiger partial charge in [-0.3, -0.25) is 9.59 Å². The van der Waals surface area contributed by atoms with Crippen LogP contribution in [0.25, 0.3) is 10.8 Å². The van der Waals surface area contributed by atoms with Gasteiger partial charge in [-0.05, 0) is 56.7 Å². The Morgan fingerprint density at radius 2 is 2.04 bits per heavy atom. The Morgan fingerprint density at radius 3 is 2.68 bits per heavy atom. The molecule has 1 amide bonds. The number of aromatic nitrogens is 1. The van der Waals surface area contributed by atoms with Crippen LogP contribution in [-0.2, 0) is 0 Å². The fourth-order valence-electron chi connectivity index (χ4n) is 3.82. The molecule has 1 heterocycles. The average Bonchev–Trinajstić information content (AvgIpc) is 2.68. The molecule has 0 radical (unpaired) electrons. The highest BCUT2D eigenvalue weighted by Gasteiger charge is 2.32. The van der Waals surface area contributed by atoms with Gasteiger partial charge in [0, 0.05) is 36.1 Å². The van der Waals surface area contributed by atoms with E-state index in [2.05, 4.69) is 12.2 Å². The number of hydrogen-bond acceptors (Lipinski definition) is 4. The summed E-state index contributed by atoms with van der Waals surface area (Å²) < 4.78 is 1.56. The van der Waals surface area contributed by atoms with Crippen molar-refractivity contribution in [2.24, 2.45) is 11.7 Å². The molecule has 28 heavy (non-hydrogen) atoms. The van der Waals surface area contributed by atoms with Gasteiger partial charge in [-0.25, -0.2) is 0 Å². The molecule has 7 heteroatoms. The summed E-state index contributed by atoms with van der Waals surface area (Å²) in [6.45, 7) is 4.55. The molecule has 1 aromatic carbocycles. The highest BCUT2D eigenvalue weighted by Crippen LogP contribution is 2.31. The van der Waals surface area contributed by atoms with Gasteiger partial charge in [-0.2, -0.15) is 0 Å². The molecule has 0 spiro atoms. The van der Waals surface area contributed by atoms with E-state index in [0.29, 0.717) is 36.1 Å². The predicted molar refractivity (Wildman–Crippen MR) is 112 cm³/mol. The molecule has 0 aliphatic heterocycles. The van der Waals surface area contributed by atoms with Crippen molar-refractivity contribution in [1.82, 2.24) is 9.88 Å². The van der Waals surface area contributed by atoms with Crippen molar-refractivity contribution in [2.45, 2.75) is 51.2 Å². The fourth-order valence-corrected chi connectivity index (χ4v) is 4.07. The Balaban J connectivity index is 1.89. The number of nitrogens with one attached hydrogen (secondary N) is 1. The van der Waals surface area contributed by atoms with Gasteiger partial charge >= 0.3 is 0 Å². The summed E-state index contributed by atoms with van der Waals surface area (Å²) >= 11 is 6.30. The monoisotopic (exact) mass is 405 g/mol. The smallest absolute Gasteiger partial charge is 0.258 e. The number of pyridine rings is 1. The second-order valence-corrected chi connectivity index (χ2v) is 8.49. The Morgan fingerprint density at radius 1 is 1.36 bits per heavy atom. The second-order valence-electron chi connectivity index (χ2n) is 8.09. The van der Waals surface area contributed by atoms with Gasteiger partial charge in [0.15, 0.2) is 0 Å². The number of aliphatic hydroxyl groups is 1. The van der Waals surface area contributed by atoms with Gasteiger partial charge in [0.25, 0.3) is 11.5 Å². The minimum atomic E-state index is -0.886. The first kappa shape index (κ1) is 20.8. The van der Waals surface area contributed by atoms with Crippen molar-refractivity contribution in [3.63, 3.8) is 0 Å². The molecule has 1 fully saturated rings. The first-order chi connectivity index (χ1) is 13.3. The number of carbonyl (C=O) groups excluding carboxylic acids is 1. The van der Waals surface area contributed by atoms with E-state index in [-0.39, 0.29) is 34.6 Å². The number of amides is 1. The summed E-state index contributed by atoms with van der Waals surface area (Å²) in [5.74, 6) is 0.216. The lowest BCUT2D eigenvalue weighted by Gasteiger charge is -2.35. The van der Waals surface area contributed by atoms with E-state index in [1.807, 2.05) is 6.92 Å². The topological polar surface area (TPSA) is 97.4 Å². The summed E-state index contributed by atoms with van der Waals surface area (Å²) in [6, 6.07) is 4.77. The van der Waals surface area contributed by atoms with Crippen LogP contribution >= 0.6 is 11.6 Å². The van der Waals surface area contributed by atoms with Crippen molar-refractivity contribution < 1.29 is 9.90 Å². The van der Waals surface area contributed by atoms with Crippen LogP contribution < -0.4 is 16.6 Å². The third-order valence-electron chi connectivity index (χ3n) is 5.89. The number of halogens is 1. The number of fused-ring (bicyclic) bond motifs is 1. The molecular weight excluding hydrogens is 378 g/mol. The number of carbonyl (C=O) groups is 1. The minimum Gasteiger partial charge on any atom is -0.388 e. The Bertz CT molecular complexity index is 932. The lowest BCUT2D eigenvalue weighted by atomic mass is 9.79. The SMILES string of the molecule is CC1CCC(O)(CNC(=O)c2c(Cl)ccc3c(=O)n([C@H](C)CN)ccc23)CC1. The lowest BCUT2D eigenvalue weighted by molar-refractivity contribution is -0.00538. The number of rotatable bonds is 5. The fraction of sp³-hybridized carbons (Fsp3) is 0.524. The van der Waals surface area contributed by atoms with E-state index in [0.717, 1.165) is 12.8 Å². The molecule has 1 aliphatic rings. The van der Waals surface area contributed by atoms with Crippen molar-refractivity contribution >= 4 is 28.3 Å². The zero-order valence-corrected chi connectivity index (χ0v) is 17.1. The van der Waals surface area contributed by atoms with Crippen molar-refractivity contribution in [3.05, 3.63) is 45.3 Å². The first-order valence-corrected chi connectivity index (χ1v) is 10.2. The molecule has 0 bridgehead atoms. The lowest BCUT2D eigenvalue weighted by Crippen LogP contribution is -2.45. The zero-order chi connectivity index (χ0) is 20.5. The van der Waals surface area contributed by atoms with Crippen LogP contribution in [0.4, 0.5) is 0 Å². The highest BCUT2D eigenvalue weighted by molar-refractivity contribution is 6.35. The third-order valence-corrected chi connectivity index (χ3v) is 6.20. The van der Waals surface area contributed by atoms with Gasteiger partial charge in [0.05, 0.1) is 16.2 Å².